The highest BCUT2D eigenvalue weighted by molar-refractivity contribution is 6.35. The summed E-state index contributed by atoms with van der Waals surface area (Å²) in [6.07, 6.45) is 9.80. The van der Waals surface area contributed by atoms with E-state index in [4.69, 9.17) is 27.9 Å². The van der Waals surface area contributed by atoms with E-state index < -0.39 is 0 Å². The van der Waals surface area contributed by atoms with Crippen molar-refractivity contribution in [2.24, 2.45) is 0 Å². The lowest BCUT2D eigenvalue weighted by Gasteiger charge is -2.43. The van der Waals surface area contributed by atoms with Gasteiger partial charge < -0.3 is 14.5 Å². The smallest absolute Gasteiger partial charge is 0.225 e. The molecule has 3 aromatic heterocycles. The summed E-state index contributed by atoms with van der Waals surface area (Å²) in [6, 6.07) is 5.74. The van der Waals surface area contributed by atoms with Crippen LogP contribution in [0.15, 0.2) is 43.0 Å². The maximum Gasteiger partial charge on any atom is 0.225 e. The molecule has 9 nitrogen and oxygen atoms in total. The van der Waals surface area contributed by atoms with Gasteiger partial charge in [-0.25, -0.2) is 9.97 Å². The first-order chi connectivity index (χ1) is 18.3. The van der Waals surface area contributed by atoms with Crippen LogP contribution in [0, 0.1) is 0 Å². The van der Waals surface area contributed by atoms with Crippen LogP contribution in [0.5, 0.6) is 5.75 Å². The minimum atomic E-state index is -0.376. The number of aromatic nitrogens is 5. The van der Waals surface area contributed by atoms with E-state index in [1.165, 1.54) is 0 Å². The first kappa shape index (κ1) is 24.9. The predicted octanol–water partition coefficient (Wildman–Crippen LogP) is 5.45. The molecule has 0 aliphatic carbocycles. The number of rotatable bonds is 5. The molecular formula is C27H27Cl2N7O2. The third kappa shape index (κ3) is 4.33. The van der Waals surface area contributed by atoms with Gasteiger partial charge >= 0.3 is 0 Å². The number of carbonyl (C=O) groups excluding carboxylic acids is 1. The Bertz CT molecular complexity index is 1480. The second-order valence-corrected chi connectivity index (χ2v) is 10.8. The van der Waals surface area contributed by atoms with Gasteiger partial charge in [0, 0.05) is 73.4 Å². The molecule has 0 saturated carbocycles. The predicted molar refractivity (Wildman–Crippen MR) is 147 cm³/mol. The largest absolute Gasteiger partial charge is 0.486 e. The highest BCUT2D eigenvalue weighted by atomic mass is 35.5. The molecule has 1 atom stereocenters. The normalized spacial score (nSPS) is 17.9. The van der Waals surface area contributed by atoms with Crippen molar-refractivity contribution in [3.63, 3.8) is 0 Å². The van der Waals surface area contributed by atoms with Gasteiger partial charge in [-0.05, 0) is 44.4 Å². The van der Waals surface area contributed by atoms with Crippen LogP contribution in [0.3, 0.4) is 0 Å². The van der Waals surface area contributed by atoms with Crippen molar-refractivity contribution in [2.45, 2.75) is 44.2 Å². The standard InChI is InChI=1S/C27H27Cl2N7O2/c1-16(24-20(28)14-30-15-21(24)29)38-18-3-4-22-19(11-18)25(34-33-22)17-12-31-26(32-13-17)36-9-7-27(8-10-36)6-5-23(37)35(27)2/h3-4,11-16H,5-10H2,1-2H3,(H,33,34). The Hall–Kier alpha value is -3.43. The number of benzene rings is 1. The number of H-pyrrole nitrogens is 1. The number of carbonyl (C=O) groups is 1. The summed E-state index contributed by atoms with van der Waals surface area (Å²) in [5.74, 6) is 1.60. The number of nitrogens with one attached hydrogen (secondary N) is 1. The molecule has 38 heavy (non-hydrogen) atoms. The topological polar surface area (TPSA) is 100 Å². The third-order valence-electron chi connectivity index (χ3n) is 7.92. The van der Waals surface area contributed by atoms with Gasteiger partial charge in [0.05, 0.1) is 15.6 Å². The minimum absolute atomic E-state index is 0.00712. The van der Waals surface area contributed by atoms with Crippen LogP contribution in [0.2, 0.25) is 10.0 Å². The van der Waals surface area contributed by atoms with Crippen LogP contribution in [-0.2, 0) is 4.79 Å². The molecule has 2 aliphatic rings. The molecule has 5 heterocycles. The maximum absolute atomic E-state index is 12.1. The van der Waals surface area contributed by atoms with E-state index in [9.17, 15) is 4.79 Å². The molecule has 2 fully saturated rings. The van der Waals surface area contributed by atoms with Gasteiger partial charge in [-0.3, -0.25) is 14.9 Å². The third-order valence-corrected chi connectivity index (χ3v) is 8.52. The Morgan fingerprint density at radius 3 is 2.42 bits per heavy atom. The van der Waals surface area contributed by atoms with Gasteiger partial charge in [0.2, 0.25) is 11.9 Å². The van der Waals surface area contributed by atoms with E-state index in [0.717, 1.165) is 54.5 Å². The van der Waals surface area contributed by atoms with Gasteiger partial charge in [0.25, 0.3) is 0 Å². The van der Waals surface area contributed by atoms with Crippen molar-refractivity contribution >= 4 is 46.0 Å². The molecule has 0 bridgehead atoms. The molecule has 2 saturated heterocycles. The van der Waals surface area contributed by atoms with Crippen LogP contribution >= 0.6 is 23.2 Å². The zero-order chi connectivity index (χ0) is 26.4. The van der Waals surface area contributed by atoms with E-state index in [1.54, 1.807) is 24.8 Å². The minimum Gasteiger partial charge on any atom is -0.486 e. The average molecular weight is 552 g/mol. The Morgan fingerprint density at radius 1 is 1.05 bits per heavy atom. The lowest BCUT2D eigenvalue weighted by Crippen LogP contribution is -2.52. The summed E-state index contributed by atoms with van der Waals surface area (Å²) in [7, 11) is 1.94. The number of nitrogens with zero attached hydrogens (tertiary/aromatic N) is 6. The van der Waals surface area contributed by atoms with E-state index in [-0.39, 0.29) is 17.6 Å². The fourth-order valence-electron chi connectivity index (χ4n) is 5.61. The molecule has 1 aromatic carbocycles. The summed E-state index contributed by atoms with van der Waals surface area (Å²) in [6.45, 7) is 3.55. The highest BCUT2D eigenvalue weighted by Crippen LogP contribution is 2.39. The lowest BCUT2D eigenvalue weighted by atomic mass is 9.85. The quantitative estimate of drug-likeness (QED) is 0.351. The summed E-state index contributed by atoms with van der Waals surface area (Å²) in [5, 5.41) is 9.40. The van der Waals surface area contributed by atoms with Crippen molar-refractivity contribution in [3.05, 3.63) is 58.6 Å². The molecule has 1 amide bonds. The van der Waals surface area contributed by atoms with Gasteiger partial charge in [-0.2, -0.15) is 5.10 Å². The number of anilines is 1. The van der Waals surface area contributed by atoms with Crippen LogP contribution in [0.25, 0.3) is 22.2 Å². The molecule has 2 aliphatic heterocycles. The second-order valence-electron chi connectivity index (χ2n) is 9.99. The molecule has 1 N–H and O–H groups in total. The van der Waals surface area contributed by atoms with Crippen molar-refractivity contribution in [2.75, 3.05) is 25.0 Å². The van der Waals surface area contributed by atoms with Crippen molar-refractivity contribution < 1.29 is 9.53 Å². The van der Waals surface area contributed by atoms with Gasteiger partial charge in [-0.15, -0.1) is 0 Å². The van der Waals surface area contributed by atoms with Gasteiger partial charge in [-0.1, -0.05) is 23.2 Å². The zero-order valence-electron chi connectivity index (χ0n) is 21.1. The van der Waals surface area contributed by atoms with E-state index in [1.807, 2.05) is 37.1 Å². The van der Waals surface area contributed by atoms with E-state index in [0.29, 0.717) is 33.7 Å². The first-order valence-electron chi connectivity index (χ1n) is 12.6. The van der Waals surface area contributed by atoms with Crippen molar-refractivity contribution in [3.8, 4) is 17.0 Å². The first-order valence-corrected chi connectivity index (χ1v) is 13.4. The van der Waals surface area contributed by atoms with Crippen LogP contribution in [-0.4, -0.2) is 61.6 Å². The molecule has 11 heteroatoms. The molecule has 1 unspecified atom stereocenters. The Kier molecular flexibility index (Phi) is 6.36. The average Bonchev–Trinajstić information content (AvgIpc) is 3.46. The zero-order valence-corrected chi connectivity index (χ0v) is 22.6. The van der Waals surface area contributed by atoms with E-state index in [2.05, 4.69) is 30.0 Å². The number of fused-ring (bicyclic) bond motifs is 1. The summed E-state index contributed by atoms with van der Waals surface area (Å²) >= 11 is 12.6. The molecule has 1 spiro atoms. The molecule has 6 rings (SSSR count). The van der Waals surface area contributed by atoms with E-state index >= 15 is 0 Å². The molecule has 4 aromatic rings. The van der Waals surface area contributed by atoms with Crippen LogP contribution in [0.4, 0.5) is 5.95 Å². The lowest BCUT2D eigenvalue weighted by molar-refractivity contribution is -0.130. The van der Waals surface area contributed by atoms with Crippen molar-refractivity contribution in [1.29, 1.82) is 0 Å². The highest BCUT2D eigenvalue weighted by Gasteiger charge is 2.45. The number of pyridine rings is 1. The van der Waals surface area contributed by atoms with Crippen LogP contribution in [0.1, 0.15) is 44.3 Å². The number of piperidine rings is 1. The Balaban J connectivity index is 1.19. The Morgan fingerprint density at radius 2 is 1.76 bits per heavy atom. The summed E-state index contributed by atoms with van der Waals surface area (Å²) < 4.78 is 6.18. The van der Waals surface area contributed by atoms with Gasteiger partial charge in [0.1, 0.15) is 17.5 Å². The number of hydrogen-bond donors (Lipinski definition) is 1. The maximum atomic E-state index is 12.1. The second kappa shape index (κ2) is 9.71. The molecule has 0 radical (unpaired) electrons. The number of likely N-dealkylation sites (tertiary alicyclic amines) is 1. The fourth-order valence-corrected chi connectivity index (χ4v) is 6.29. The van der Waals surface area contributed by atoms with Crippen molar-refractivity contribution in [1.82, 2.24) is 30.0 Å². The number of amides is 1. The number of aromatic amines is 1. The fraction of sp³-hybridized carbons (Fsp3) is 0.370. The summed E-state index contributed by atoms with van der Waals surface area (Å²) in [5.41, 5.74) is 3.11. The number of ether oxygens (including phenoxy) is 1. The van der Waals surface area contributed by atoms with Gasteiger partial charge in [0.15, 0.2) is 0 Å². The number of halogens is 2. The summed E-state index contributed by atoms with van der Waals surface area (Å²) in [4.78, 5) is 29.5. The monoisotopic (exact) mass is 551 g/mol. The SMILES string of the molecule is CC(Oc1ccc2[nH]nc(-c3cnc(N4CCC5(CCC(=O)N5C)CC4)nc3)c2c1)c1c(Cl)cncc1Cl. The van der Waals surface area contributed by atoms with Crippen LogP contribution < -0.4 is 9.64 Å². The number of hydrogen-bond acceptors (Lipinski definition) is 7. The Labute approximate surface area is 230 Å². The molecule has 196 valence electrons. The molecular weight excluding hydrogens is 525 g/mol.